The first-order chi connectivity index (χ1) is 14.1. The molecule has 0 bridgehead atoms. The summed E-state index contributed by atoms with van der Waals surface area (Å²) < 4.78 is 18.5. The number of hydrogen-bond donors (Lipinski definition) is 1. The molecule has 9 heteroatoms. The third-order valence-electron chi connectivity index (χ3n) is 4.36. The molecule has 29 heavy (non-hydrogen) atoms. The van der Waals surface area contributed by atoms with E-state index in [0.29, 0.717) is 17.7 Å². The summed E-state index contributed by atoms with van der Waals surface area (Å²) in [5.41, 5.74) is 2.08. The quantitative estimate of drug-likeness (QED) is 0.621. The summed E-state index contributed by atoms with van der Waals surface area (Å²) in [4.78, 5) is 25.7. The van der Waals surface area contributed by atoms with Crippen LogP contribution in [0.25, 0.3) is 11.5 Å². The lowest BCUT2D eigenvalue weighted by Gasteiger charge is -2.16. The van der Waals surface area contributed by atoms with Gasteiger partial charge in [0.2, 0.25) is 17.7 Å². The molecule has 1 N–H and O–H groups in total. The number of halogens is 1. The first-order valence-electron chi connectivity index (χ1n) is 9.01. The molecule has 0 radical (unpaired) electrons. The molecule has 2 heterocycles. The SMILES string of the molecule is O=C(CSc1nnc(-c2ccc(F)cc2)o1)Nc1ccc(N2CCCC2=O)cc1. The van der Waals surface area contributed by atoms with Gasteiger partial charge in [0.25, 0.3) is 5.22 Å². The summed E-state index contributed by atoms with van der Waals surface area (Å²) in [5, 5.41) is 10.8. The third-order valence-corrected chi connectivity index (χ3v) is 5.18. The lowest BCUT2D eigenvalue weighted by atomic mass is 10.2. The number of hydrogen-bond acceptors (Lipinski definition) is 6. The normalized spacial score (nSPS) is 13.7. The fourth-order valence-electron chi connectivity index (χ4n) is 2.95. The van der Waals surface area contributed by atoms with Crippen molar-refractivity contribution in [1.29, 1.82) is 0 Å². The van der Waals surface area contributed by atoms with Crippen molar-refractivity contribution in [2.75, 3.05) is 22.5 Å². The molecular weight excluding hydrogens is 395 g/mol. The number of rotatable bonds is 6. The van der Waals surface area contributed by atoms with Gasteiger partial charge in [-0.05, 0) is 55.0 Å². The van der Waals surface area contributed by atoms with Gasteiger partial charge in [-0.2, -0.15) is 0 Å². The van der Waals surface area contributed by atoms with E-state index in [0.717, 1.165) is 30.4 Å². The van der Waals surface area contributed by atoms with Gasteiger partial charge in [-0.1, -0.05) is 11.8 Å². The number of amides is 2. The summed E-state index contributed by atoms with van der Waals surface area (Å²) in [6.45, 7) is 0.727. The highest BCUT2D eigenvalue weighted by Gasteiger charge is 2.21. The zero-order chi connectivity index (χ0) is 20.2. The van der Waals surface area contributed by atoms with Gasteiger partial charge >= 0.3 is 0 Å². The van der Waals surface area contributed by atoms with Gasteiger partial charge in [0, 0.05) is 29.9 Å². The predicted molar refractivity (Wildman–Crippen MR) is 107 cm³/mol. The maximum atomic E-state index is 13.0. The molecule has 4 rings (SSSR count). The van der Waals surface area contributed by atoms with Gasteiger partial charge in [-0.3, -0.25) is 9.59 Å². The van der Waals surface area contributed by atoms with Crippen LogP contribution in [0.4, 0.5) is 15.8 Å². The zero-order valence-corrected chi connectivity index (χ0v) is 16.1. The second-order valence-electron chi connectivity index (χ2n) is 6.41. The smallest absolute Gasteiger partial charge is 0.277 e. The van der Waals surface area contributed by atoms with Crippen molar-refractivity contribution in [3.63, 3.8) is 0 Å². The van der Waals surface area contributed by atoms with E-state index in [1.807, 2.05) is 12.1 Å². The Morgan fingerprint density at radius 2 is 1.90 bits per heavy atom. The molecule has 0 spiro atoms. The monoisotopic (exact) mass is 412 g/mol. The number of nitrogens with zero attached hydrogens (tertiary/aromatic N) is 3. The Morgan fingerprint density at radius 1 is 1.14 bits per heavy atom. The highest BCUT2D eigenvalue weighted by atomic mass is 32.2. The molecule has 2 amide bonds. The summed E-state index contributed by atoms with van der Waals surface area (Å²) in [6, 6.07) is 12.9. The minimum Gasteiger partial charge on any atom is -0.411 e. The number of aromatic nitrogens is 2. The molecular formula is C20H17FN4O3S. The van der Waals surface area contributed by atoms with E-state index in [9.17, 15) is 14.0 Å². The van der Waals surface area contributed by atoms with E-state index >= 15 is 0 Å². The molecule has 0 aliphatic carbocycles. The van der Waals surface area contributed by atoms with Gasteiger partial charge in [0.15, 0.2) is 0 Å². The number of carbonyl (C=O) groups is 2. The number of nitrogens with one attached hydrogen (secondary N) is 1. The number of carbonyl (C=O) groups excluding carboxylic acids is 2. The van der Waals surface area contributed by atoms with E-state index in [-0.39, 0.29) is 34.5 Å². The van der Waals surface area contributed by atoms with Crippen LogP contribution in [0.3, 0.4) is 0 Å². The minimum atomic E-state index is -0.348. The Morgan fingerprint density at radius 3 is 2.59 bits per heavy atom. The van der Waals surface area contributed by atoms with Gasteiger partial charge in [0.1, 0.15) is 5.82 Å². The van der Waals surface area contributed by atoms with Crippen LogP contribution in [0.1, 0.15) is 12.8 Å². The van der Waals surface area contributed by atoms with Crippen molar-refractivity contribution in [1.82, 2.24) is 10.2 Å². The molecule has 1 aromatic heterocycles. The standard InChI is InChI=1S/C20H17FN4O3S/c21-14-5-3-13(4-6-14)19-23-24-20(28-19)29-12-17(26)22-15-7-9-16(10-8-15)25-11-1-2-18(25)27/h3-10H,1-2,11-12H2,(H,22,26). The summed E-state index contributed by atoms with van der Waals surface area (Å²) in [5.74, 6) is -0.0870. The number of thioether (sulfide) groups is 1. The molecule has 0 unspecified atom stereocenters. The predicted octanol–water partition coefficient (Wildman–Crippen LogP) is 3.73. The van der Waals surface area contributed by atoms with E-state index in [1.165, 1.54) is 12.1 Å². The van der Waals surface area contributed by atoms with Crippen LogP contribution < -0.4 is 10.2 Å². The van der Waals surface area contributed by atoms with Gasteiger partial charge < -0.3 is 14.6 Å². The topological polar surface area (TPSA) is 88.3 Å². The average Bonchev–Trinajstić information content (AvgIpc) is 3.37. The Balaban J connectivity index is 1.30. The Kier molecular flexibility index (Phi) is 5.57. The first-order valence-corrected chi connectivity index (χ1v) is 9.99. The summed E-state index contributed by atoms with van der Waals surface area (Å²) in [6.07, 6.45) is 1.45. The second kappa shape index (κ2) is 8.44. The van der Waals surface area contributed by atoms with E-state index in [4.69, 9.17) is 4.42 Å². The van der Waals surface area contributed by atoms with Gasteiger partial charge in [0.05, 0.1) is 5.75 Å². The van der Waals surface area contributed by atoms with Crippen molar-refractivity contribution in [2.45, 2.75) is 18.1 Å². The van der Waals surface area contributed by atoms with Crippen molar-refractivity contribution >= 4 is 35.0 Å². The van der Waals surface area contributed by atoms with Gasteiger partial charge in [-0.25, -0.2) is 4.39 Å². The highest BCUT2D eigenvalue weighted by molar-refractivity contribution is 7.99. The second-order valence-corrected chi connectivity index (χ2v) is 7.34. The Hall–Kier alpha value is -3.20. The lowest BCUT2D eigenvalue weighted by molar-refractivity contribution is -0.117. The molecule has 1 saturated heterocycles. The van der Waals surface area contributed by atoms with Crippen LogP contribution in [0.2, 0.25) is 0 Å². The van der Waals surface area contributed by atoms with E-state index < -0.39 is 0 Å². The zero-order valence-electron chi connectivity index (χ0n) is 15.3. The van der Waals surface area contributed by atoms with E-state index in [2.05, 4.69) is 15.5 Å². The fraction of sp³-hybridized carbons (Fsp3) is 0.200. The van der Waals surface area contributed by atoms with E-state index in [1.54, 1.807) is 29.2 Å². The maximum Gasteiger partial charge on any atom is 0.277 e. The Labute approximate surface area is 170 Å². The molecule has 1 fully saturated rings. The first kappa shape index (κ1) is 19.1. The number of anilines is 2. The van der Waals surface area contributed by atoms with Crippen LogP contribution in [0.15, 0.2) is 58.2 Å². The van der Waals surface area contributed by atoms with Crippen molar-refractivity contribution < 1.29 is 18.4 Å². The van der Waals surface area contributed by atoms with Crippen molar-refractivity contribution in [3.8, 4) is 11.5 Å². The van der Waals surface area contributed by atoms with Crippen LogP contribution >= 0.6 is 11.8 Å². The molecule has 0 atom stereocenters. The fourth-order valence-corrected chi connectivity index (χ4v) is 3.51. The van der Waals surface area contributed by atoms with Crippen molar-refractivity contribution in [2.24, 2.45) is 0 Å². The molecule has 1 aliphatic heterocycles. The Bertz CT molecular complexity index is 1020. The lowest BCUT2D eigenvalue weighted by Crippen LogP contribution is -2.23. The van der Waals surface area contributed by atoms with Crippen molar-refractivity contribution in [3.05, 3.63) is 54.3 Å². The number of benzene rings is 2. The van der Waals surface area contributed by atoms with Crippen LogP contribution in [-0.2, 0) is 9.59 Å². The summed E-state index contributed by atoms with van der Waals surface area (Å²) >= 11 is 1.11. The molecule has 148 valence electrons. The summed E-state index contributed by atoms with van der Waals surface area (Å²) in [7, 11) is 0. The maximum absolute atomic E-state index is 13.0. The molecule has 7 nitrogen and oxygen atoms in total. The molecule has 0 saturated carbocycles. The van der Waals surface area contributed by atoms with Crippen LogP contribution in [0.5, 0.6) is 0 Å². The molecule has 2 aromatic carbocycles. The molecule has 1 aliphatic rings. The average molecular weight is 412 g/mol. The third kappa shape index (κ3) is 4.62. The molecule has 3 aromatic rings. The van der Waals surface area contributed by atoms with Crippen LogP contribution in [-0.4, -0.2) is 34.3 Å². The minimum absolute atomic E-state index is 0.0947. The largest absolute Gasteiger partial charge is 0.411 e. The van der Waals surface area contributed by atoms with Gasteiger partial charge in [-0.15, -0.1) is 10.2 Å². The highest BCUT2D eigenvalue weighted by Crippen LogP contribution is 2.25. The van der Waals surface area contributed by atoms with Crippen LogP contribution in [0, 0.1) is 5.82 Å².